The second-order valence-electron chi connectivity index (χ2n) is 7.20. The first kappa shape index (κ1) is 21.4. The first-order chi connectivity index (χ1) is 11.0. The molecule has 1 saturated carbocycles. The van der Waals surface area contributed by atoms with Gasteiger partial charge in [-0.25, -0.2) is 0 Å². The van der Waals surface area contributed by atoms with Crippen molar-refractivity contribution in [3.63, 3.8) is 0 Å². The second kappa shape index (κ2) is 10.3. The summed E-state index contributed by atoms with van der Waals surface area (Å²) in [6.07, 6.45) is 8.10. The zero-order chi connectivity index (χ0) is 17.3. The lowest BCUT2D eigenvalue weighted by molar-refractivity contribution is 0.164. The van der Waals surface area contributed by atoms with Crippen LogP contribution in [-0.2, 0) is 8.85 Å². The molecule has 0 aliphatic heterocycles. The molecule has 1 fully saturated rings. The highest BCUT2D eigenvalue weighted by Gasteiger charge is 2.44. The van der Waals surface area contributed by atoms with Gasteiger partial charge in [-0.15, -0.1) is 0 Å². The Balaban J connectivity index is 3.06. The van der Waals surface area contributed by atoms with Crippen molar-refractivity contribution in [3.8, 4) is 0 Å². The average molecular weight is 360 g/mol. The minimum Gasteiger partial charge on any atom is -0.394 e. The quantitative estimate of drug-likeness (QED) is 0.467. The zero-order valence-electron chi connectivity index (χ0n) is 16.6. The highest BCUT2D eigenvalue weighted by atomic mass is 28.4. The van der Waals surface area contributed by atoms with Crippen molar-refractivity contribution in [2.24, 2.45) is 0 Å². The fraction of sp³-hybridized carbons (Fsp3) is 1.00. The van der Waals surface area contributed by atoms with Crippen LogP contribution in [0.2, 0.25) is 24.7 Å². The third-order valence-corrected chi connectivity index (χ3v) is 14.7. The zero-order valence-corrected chi connectivity index (χ0v) is 18.6. The molecule has 0 aromatic rings. The molecule has 0 radical (unpaired) electrons. The third kappa shape index (κ3) is 5.67. The van der Waals surface area contributed by atoms with E-state index in [1.165, 1.54) is 50.2 Å². The van der Waals surface area contributed by atoms with Crippen LogP contribution in [0.5, 0.6) is 0 Å². The number of rotatable bonds is 11. The van der Waals surface area contributed by atoms with Gasteiger partial charge in [-0.05, 0) is 51.4 Å². The summed E-state index contributed by atoms with van der Waals surface area (Å²) in [5, 5.41) is 0. The second-order valence-corrected chi connectivity index (χ2v) is 15.5. The van der Waals surface area contributed by atoms with Gasteiger partial charge in [-0.2, -0.15) is 0 Å². The SMILES string of the molecule is CCO[Si](C)(CN(C1CCCCC1)[Si](CC)(CC)CC)OCC. The van der Waals surface area contributed by atoms with Crippen molar-refractivity contribution in [2.75, 3.05) is 19.4 Å². The van der Waals surface area contributed by atoms with Crippen LogP contribution in [-0.4, -0.2) is 46.8 Å². The van der Waals surface area contributed by atoms with E-state index in [1.807, 2.05) is 0 Å². The molecule has 1 rings (SSSR count). The highest BCUT2D eigenvalue weighted by Crippen LogP contribution is 2.34. The fourth-order valence-electron chi connectivity index (χ4n) is 4.49. The van der Waals surface area contributed by atoms with Crippen LogP contribution in [0.3, 0.4) is 0 Å². The molecule has 138 valence electrons. The van der Waals surface area contributed by atoms with Crippen molar-refractivity contribution < 1.29 is 8.85 Å². The monoisotopic (exact) mass is 359 g/mol. The Labute approximate surface area is 147 Å². The first-order valence-corrected chi connectivity index (χ1v) is 15.1. The van der Waals surface area contributed by atoms with Gasteiger partial charge in [0, 0.05) is 25.4 Å². The molecule has 0 amide bonds. The summed E-state index contributed by atoms with van der Waals surface area (Å²) in [7, 11) is -3.49. The smallest absolute Gasteiger partial charge is 0.348 e. The van der Waals surface area contributed by atoms with Crippen LogP contribution in [0.1, 0.15) is 66.7 Å². The van der Waals surface area contributed by atoms with Crippen molar-refractivity contribution in [1.82, 2.24) is 4.57 Å². The van der Waals surface area contributed by atoms with E-state index < -0.39 is 16.8 Å². The van der Waals surface area contributed by atoms with Crippen LogP contribution in [0, 0.1) is 0 Å². The minimum atomic E-state index is -2.09. The molecular weight excluding hydrogens is 318 g/mol. The number of hydrogen-bond acceptors (Lipinski definition) is 3. The van der Waals surface area contributed by atoms with Crippen LogP contribution in [0.25, 0.3) is 0 Å². The molecule has 0 atom stereocenters. The van der Waals surface area contributed by atoms with Gasteiger partial charge >= 0.3 is 8.56 Å². The van der Waals surface area contributed by atoms with E-state index in [0.29, 0.717) is 0 Å². The molecule has 0 N–H and O–H groups in total. The molecule has 0 aromatic carbocycles. The topological polar surface area (TPSA) is 21.7 Å². The lowest BCUT2D eigenvalue weighted by atomic mass is 9.96. The molecule has 0 saturated heterocycles. The predicted octanol–water partition coefficient (Wildman–Crippen LogP) is 5.31. The van der Waals surface area contributed by atoms with Gasteiger partial charge in [0.15, 0.2) is 0 Å². The van der Waals surface area contributed by atoms with Crippen molar-refractivity contribution in [3.05, 3.63) is 0 Å². The Morgan fingerprint density at radius 1 is 0.826 bits per heavy atom. The van der Waals surface area contributed by atoms with Gasteiger partial charge in [0.1, 0.15) is 8.24 Å². The minimum absolute atomic E-state index is 0.778. The third-order valence-electron chi connectivity index (χ3n) is 5.96. The molecule has 0 unspecified atom stereocenters. The van der Waals surface area contributed by atoms with E-state index in [-0.39, 0.29) is 0 Å². The molecule has 23 heavy (non-hydrogen) atoms. The lowest BCUT2D eigenvalue weighted by Gasteiger charge is -2.49. The summed E-state index contributed by atoms with van der Waals surface area (Å²) in [5.74, 6) is 0. The van der Waals surface area contributed by atoms with E-state index in [2.05, 4.69) is 45.7 Å². The molecule has 0 heterocycles. The Hall–Kier alpha value is 0.314. The van der Waals surface area contributed by atoms with Gasteiger partial charge in [0.25, 0.3) is 0 Å². The molecule has 0 bridgehead atoms. The van der Waals surface area contributed by atoms with Crippen LogP contribution >= 0.6 is 0 Å². The Morgan fingerprint density at radius 3 is 1.70 bits per heavy atom. The molecule has 0 spiro atoms. The maximum atomic E-state index is 6.22. The summed E-state index contributed by atoms with van der Waals surface area (Å²) in [6, 6.07) is 4.86. The largest absolute Gasteiger partial charge is 0.394 e. The van der Waals surface area contributed by atoms with Crippen LogP contribution in [0.4, 0.5) is 0 Å². The molecule has 1 aliphatic rings. The van der Waals surface area contributed by atoms with E-state index in [1.54, 1.807) is 0 Å². The number of nitrogens with zero attached hydrogens (tertiary/aromatic N) is 1. The number of hydrogen-bond donors (Lipinski definition) is 0. The van der Waals surface area contributed by atoms with Crippen molar-refractivity contribution in [2.45, 2.75) is 97.4 Å². The summed E-state index contributed by atoms with van der Waals surface area (Å²) < 4.78 is 15.4. The van der Waals surface area contributed by atoms with Gasteiger partial charge in [0.05, 0.1) is 0 Å². The van der Waals surface area contributed by atoms with Gasteiger partial charge < -0.3 is 13.4 Å². The summed E-state index contributed by atoms with van der Waals surface area (Å²) in [5.41, 5.74) is 0. The lowest BCUT2D eigenvalue weighted by Crippen LogP contribution is -2.64. The fourth-order valence-corrected chi connectivity index (χ4v) is 12.8. The Kier molecular flexibility index (Phi) is 9.60. The summed E-state index contributed by atoms with van der Waals surface area (Å²) in [6.45, 7) is 15.3. The van der Waals surface area contributed by atoms with E-state index in [0.717, 1.165) is 25.4 Å². The van der Waals surface area contributed by atoms with E-state index in [9.17, 15) is 0 Å². The normalized spacial score (nSPS) is 17.9. The van der Waals surface area contributed by atoms with Gasteiger partial charge in [0.2, 0.25) is 0 Å². The highest BCUT2D eigenvalue weighted by molar-refractivity contribution is 6.78. The van der Waals surface area contributed by atoms with Crippen LogP contribution < -0.4 is 0 Å². The van der Waals surface area contributed by atoms with Crippen molar-refractivity contribution >= 4 is 16.8 Å². The summed E-state index contributed by atoms with van der Waals surface area (Å²) >= 11 is 0. The maximum Gasteiger partial charge on any atom is 0.348 e. The van der Waals surface area contributed by atoms with E-state index >= 15 is 0 Å². The summed E-state index contributed by atoms with van der Waals surface area (Å²) in [4.78, 5) is 0. The first-order valence-electron chi connectivity index (χ1n) is 10.0. The molecule has 1 aliphatic carbocycles. The molecular formula is C18H41NO2Si2. The Morgan fingerprint density at radius 2 is 1.30 bits per heavy atom. The Bertz CT molecular complexity index is 304. The average Bonchev–Trinajstić information content (AvgIpc) is 2.57. The maximum absolute atomic E-state index is 6.22. The van der Waals surface area contributed by atoms with Crippen LogP contribution in [0.15, 0.2) is 0 Å². The molecule has 5 heteroatoms. The van der Waals surface area contributed by atoms with Gasteiger partial charge in [-0.1, -0.05) is 40.0 Å². The predicted molar refractivity (Wildman–Crippen MR) is 106 cm³/mol. The van der Waals surface area contributed by atoms with Crippen molar-refractivity contribution in [1.29, 1.82) is 0 Å². The van der Waals surface area contributed by atoms with Gasteiger partial charge in [-0.3, -0.25) is 0 Å². The standard InChI is InChI=1S/C18H41NO2Si2/c1-7-20-22(6,21-8-2)17-19(18-15-13-12-14-16-18)23(9-3,10-4)11-5/h18H,7-17H2,1-6H3. The molecule has 3 nitrogen and oxygen atoms in total. The molecule has 0 aromatic heterocycles. The van der Waals surface area contributed by atoms with E-state index in [4.69, 9.17) is 8.85 Å².